The molecule has 0 radical (unpaired) electrons. The van der Waals surface area contributed by atoms with Gasteiger partial charge >= 0.3 is 0 Å². The third-order valence-electron chi connectivity index (χ3n) is 2.79. The quantitative estimate of drug-likeness (QED) is 0.896. The topological polar surface area (TPSA) is 58.4 Å². The van der Waals surface area contributed by atoms with Crippen LogP contribution in [-0.4, -0.2) is 25.0 Å². The van der Waals surface area contributed by atoms with E-state index in [9.17, 15) is 4.79 Å². The maximum absolute atomic E-state index is 11.9. The van der Waals surface area contributed by atoms with E-state index in [0.29, 0.717) is 13.1 Å². The third-order valence-corrected chi connectivity index (χ3v) is 3.28. The number of nitrogens with one attached hydrogen (secondary N) is 1. The van der Waals surface area contributed by atoms with Gasteiger partial charge in [0.25, 0.3) is 0 Å². The number of fused-ring (bicyclic) bond motifs is 1. The summed E-state index contributed by atoms with van der Waals surface area (Å²) in [6, 6.07) is 5.99. The van der Waals surface area contributed by atoms with Crippen molar-refractivity contribution in [2.24, 2.45) is 5.73 Å². The molecule has 1 aliphatic rings. The molecule has 4 nitrogen and oxygen atoms in total. The minimum absolute atomic E-state index is 0.0977. The molecule has 0 saturated heterocycles. The van der Waals surface area contributed by atoms with Crippen molar-refractivity contribution in [3.8, 4) is 0 Å². The van der Waals surface area contributed by atoms with E-state index < -0.39 is 0 Å². The first-order valence-electron chi connectivity index (χ1n) is 5.67. The molecule has 1 atom stereocenters. The van der Waals surface area contributed by atoms with Gasteiger partial charge in [0.05, 0.1) is 17.9 Å². The number of rotatable bonds is 3. The molecule has 0 bridgehead atoms. The normalized spacial score (nSPS) is 16.4. The summed E-state index contributed by atoms with van der Waals surface area (Å²) < 4.78 is 1.00. The number of nitrogens with zero attached hydrogens (tertiary/aromatic N) is 1. The fourth-order valence-corrected chi connectivity index (χ4v) is 2.22. The molecule has 3 N–H and O–H groups in total. The van der Waals surface area contributed by atoms with E-state index in [-0.39, 0.29) is 11.9 Å². The van der Waals surface area contributed by atoms with Crippen LogP contribution in [0.15, 0.2) is 22.7 Å². The fraction of sp³-hybridized carbons (Fsp3) is 0.417. The van der Waals surface area contributed by atoms with Crippen LogP contribution >= 0.6 is 15.9 Å². The van der Waals surface area contributed by atoms with Crippen LogP contribution in [0.5, 0.6) is 0 Å². The Morgan fingerprint density at radius 3 is 3.06 bits per heavy atom. The Balaban J connectivity index is 2.24. The number of carbonyl (C=O) groups is 1. The number of amides is 1. The lowest BCUT2D eigenvalue weighted by Crippen LogP contribution is -2.41. The minimum atomic E-state index is 0.0977. The largest absolute Gasteiger partial charge is 0.374 e. The lowest BCUT2D eigenvalue weighted by molar-refractivity contribution is -0.117. The van der Waals surface area contributed by atoms with Crippen LogP contribution < -0.4 is 16.0 Å². The Morgan fingerprint density at radius 2 is 2.35 bits per heavy atom. The van der Waals surface area contributed by atoms with Crippen LogP contribution in [0.25, 0.3) is 0 Å². The third kappa shape index (κ3) is 2.79. The molecule has 5 heteroatoms. The van der Waals surface area contributed by atoms with Gasteiger partial charge in [0.1, 0.15) is 0 Å². The zero-order valence-corrected chi connectivity index (χ0v) is 11.3. The van der Waals surface area contributed by atoms with Gasteiger partial charge < -0.3 is 16.0 Å². The Kier molecular flexibility index (Phi) is 3.69. The molecule has 0 aromatic heterocycles. The number of nitrogens with two attached hydrogens (primary N) is 1. The molecule has 1 amide bonds. The highest BCUT2D eigenvalue weighted by Crippen LogP contribution is 2.32. The fourth-order valence-electron chi connectivity index (χ4n) is 1.86. The lowest BCUT2D eigenvalue weighted by Gasteiger charge is -2.30. The average Bonchev–Trinajstić information content (AvgIpc) is 2.27. The number of benzene rings is 1. The van der Waals surface area contributed by atoms with Crippen molar-refractivity contribution < 1.29 is 4.79 Å². The molecule has 92 valence electrons. The van der Waals surface area contributed by atoms with Gasteiger partial charge in [-0.15, -0.1) is 0 Å². The second-order valence-electron chi connectivity index (χ2n) is 4.33. The number of halogens is 1. The van der Waals surface area contributed by atoms with Crippen molar-refractivity contribution in [2.45, 2.75) is 19.4 Å². The summed E-state index contributed by atoms with van der Waals surface area (Å²) in [5.41, 5.74) is 7.66. The van der Waals surface area contributed by atoms with Crippen molar-refractivity contribution >= 4 is 33.2 Å². The zero-order valence-electron chi connectivity index (χ0n) is 9.74. The molecule has 2 rings (SSSR count). The van der Waals surface area contributed by atoms with Crippen molar-refractivity contribution in [1.29, 1.82) is 0 Å². The van der Waals surface area contributed by atoms with Crippen LogP contribution in [0.4, 0.5) is 11.4 Å². The van der Waals surface area contributed by atoms with Crippen molar-refractivity contribution in [1.82, 2.24) is 0 Å². The van der Waals surface area contributed by atoms with E-state index in [1.165, 1.54) is 0 Å². The van der Waals surface area contributed by atoms with E-state index >= 15 is 0 Å². The molecule has 0 spiro atoms. The summed E-state index contributed by atoms with van der Waals surface area (Å²) in [7, 11) is 0. The van der Waals surface area contributed by atoms with E-state index in [1.807, 2.05) is 30.0 Å². The summed E-state index contributed by atoms with van der Waals surface area (Å²) in [6.45, 7) is 2.98. The van der Waals surface area contributed by atoms with Crippen LogP contribution in [0, 0.1) is 0 Å². The van der Waals surface area contributed by atoms with Gasteiger partial charge in [0.2, 0.25) is 5.91 Å². The van der Waals surface area contributed by atoms with Gasteiger partial charge in [-0.3, -0.25) is 4.79 Å². The van der Waals surface area contributed by atoms with Crippen molar-refractivity contribution in [2.75, 3.05) is 23.3 Å². The number of carbonyl (C=O) groups excluding carboxylic acids is 1. The SMILES string of the molecule is CC(N)CCN1C(=O)CNc2cc(Br)ccc21. The molecule has 17 heavy (non-hydrogen) atoms. The Bertz CT molecular complexity index is 434. The van der Waals surface area contributed by atoms with Crippen molar-refractivity contribution in [3.63, 3.8) is 0 Å². The second kappa shape index (κ2) is 5.06. The molecule has 1 aliphatic heterocycles. The van der Waals surface area contributed by atoms with Crippen LogP contribution in [0.2, 0.25) is 0 Å². The molecule has 0 aliphatic carbocycles. The summed E-state index contributed by atoms with van der Waals surface area (Å²) in [4.78, 5) is 13.7. The molecule has 1 unspecified atom stereocenters. The lowest BCUT2D eigenvalue weighted by atomic mass is 10.1. The molecule has 1 heterocycles. The zero-order chi connectivity index (χ0) is 12.4. The number of hydrogen-bond donors (Lipinski definition) is 2. The Morgan fingerprint density at radius 1 is 1.59 bits per heavy atom. The first-order chi connectivity index (χ1) is 8.08. The van der Waals surface area contributed by atoms with Gasteiger partial charge in [-0.2, -0.15) is 0 Å². The smallest absolute Gasteiger partial charge is 0.246 e. The summed E-state index contributed by atoms with van der Waals surface area (Å²) in [5.74, 6) is 0.0977. The van der Waals surface area contributed by atoms with Gasteiger partial charge in [-0.1, -0.05) is 15.9 Å². The summed E-state index contributed by atoms with van der Waals surface area (Å²) >= 11 is 3.42. The van der Waals surface area contributed by atoms with E-state index in [0.717, 1.165) is 22.3 Å². The second-order valence-corrected chi connectivity index (χ2v) is 5.24. The molecular weight excluding hydrogens is 282 g/mol. The van der Waals surface area contributed by atoms with E-state index in [2.05, 4.69) is 21.2 Å². The van der Waals surface area contributed by atoms with E-state index in [1.54, 1.807) is 0 Å². The first kappa shape index (κ1) is 12.4. The molecular formula is C12H16BrN3O. The van der Waals surface area contributed by atoms with E-state index in [4.69, 9.17) is 5.73 Å². The molecule has 1 aromatic carbocycles. The van der Waals surface area contributed by atoms with Gasteiger partial charge in [-0.05, 0) is 31.5 Å². The predicted octanol–water partition coefficient (Wildman–Crippen LogP) is 1.94. The van der Waals surface area contributed by atoms with Gasteiger partial charge in [0.15, 0.2) is 0 Å². The standard InChI is InChI=1S/C12H16BrN3O/c1-8(14)4-5-16-11-3-2-9(13)6-10(11)15-7-12(16)17/h2-3,6,8,15H,4-5,7,14H2,1H3. The van der Waals surface area contributed by atoms with Crippen LogP contribution in [0.1, 0.15) is 13.3 Å². The molecule has 0 saturated carbocycles. The minimum Gasteiger partial charge on any atom is -0.374 e. The van der Waals surface area contributed by atoms with Crippen molar-refractivity contribution in [3.05, 3.63) is 22.7 Å². The van der Waals surface area contributed by atoms with Crippen LogP contribution in [0.3, 0.4) is 0 Å². The predicted molar refractivity (Wildman–Crippen MR) is 73.3 cm³/mol. The van der Waals surface area contributed by atoms with Gasteiger partial charge in [-0.25, -0.2) is 0 Å². The number of anilines is 2. The average molecular weight is 298 g/mol. The van der Waals surface area contributed by atoms with Crippen LogP contribution in [-0.2, 0) is 4.79 Å². The summed E-state index contributed by atoms with van der Waals surface area (Å²) in [5, 5.41) is 3.12. The summed E-state index contributed by atoms with van der Waals surface area (Å²) in [6.07, 6.45) is 0.807. The highest BCUT2D eigenvalue weighted by atomic mass is 79.9. The maximum Gasteiger partial charge on any atom is 0.246 e. The molecule has 1 aromatic rings. The van der Waals surface area contributed by atoms with Gasteiger partial charge in [0, 0.05) is 17.1 Å². The molecule has 0 fully saturated rings. The Hall–Kier alpha value is -1.07. The Labute approximate surface area is 109 Å². The maximum atomic E-state index is 11.9. The first-order valence-corrected chi connectivity index (χ1v) is 6.46. The highest BCUT2D eigenvalue weighted by molar-refractivity contribution is 9.10. The monoisotopic (exact) mass is 297 g/mol. The number of hydrogen-bond acceptors (Lipinski definition) is 3. The highest BCUT2D eigenvalue weighted by Gasteiger charge is 2.23.